The molecule has 0 aliphatic heterocycles. The monoisotopic (exact) mass is 471 g/mol. The third-order valence-electron chi connectivity index (χ3n) is 5.15. The number of rotatable bonds is 11. The maximum absolute atomic E-state index is 12.5. The molecule has 0 fully saturated rings. The molecule has 0 saturated carbocycles. The van der Waals surface area contributed by atoms with E-state index in [0.29, 0.717) is 23.8 Å². The van der Waals surface area contributed by atoms with Gasteiger partial charge >= 0.3 is 0 Å². The number of halogens is 1. The average molecular weight is 472 g/mol. The predicted molar refractivity (Wildman–Crippen MR) is 131 cm³/mol. The summed E-state index contributed by atoms with van der Waals surface area (Å²) < 4.78 is 2.01. The highest BCUT2D eigenvalue weighted by Gasteiger charge is 2.22. The van der Waals surface area contributed by atoms with Crippen LogP contribution in [0.15, 0.2) is 53.7 Å². The summed E-state index contributed by atoms with van der Waals surface area (Å²) in [4.78, 5) is 12.5. The number of carbonyl (C=O) groups is 1. The highest BCUT2D eigenvalue weighted by molar-refractivity contribution is 7.98. The van der Waals surface area contributed by atoms with Crippen LogP contribution in [-0.4, -0.2) is 27.2 Å². The Morgan fingerprint density at radius 3 is 2.69 bits per heavy atom. The molecule has 3 rings (SSSR count). The molecule has 0 bridgehead atoms. The minimum absolute atomic E-state index is 0.00498. The molecular formula is C24H30ClN5OS. The highest BCUT2D eigenvalue weighted by Crippen LogP contribution is 2.30. The predicted octanol–water partition coefficient (Wildman–Crippen LogP) is 5.22. The van der Waals surface area contributed by atoms with Crippen molar-refractivity contribution in [1.82, 2.24) is 20.1 Å². The molecule has 170 valence electrons. The first-order chi connectivity index (χ1) is 15.5. The number of thioether (sulfide) groups is 1. The van der Waals surface area contributed by atoms with E-state index in [0.717, 1.165) is 41.4 Å². The van der Waals surface area contributed by atoms with Crippen molar-refractivity contribution in [1.29, 1.82) is 0 Å². The molecule has 1 unspecified atom stereocenters. The van der Waals surface area contributed by atoms with E-state index >= 15 is 0 Å². The number of aryl methyl sites for hydroxylation is 1. The van der Waals surface area contributed by atoms with Crippen molar-refractivity contribution < 1.29 is 4.79 Å². The van der Waals surface area contributed by atoms with Crippen LogP contribution in [-0.2, 0) is 10.5 Å². The Bertz CT molecular complexity index is 1020. The van der Waals surface area contributed by atoms with Crippen molar-refractivity contribution in [3.05, 3.63) is 70.5 Å². The van der Waals surface area contributed by atoms with Crippen LogP contribution in [0.1, 0.15) is 55.6 Å². The normalized spacial score (nSPS) is 12.0. The lowest BCUT2D eigenvalue weighted by molar-refractivity contribution is -0.121. The first-order valence-electron chi connectivity index (χ1n) is 10.9. The molecule has 3 N–H and O–H groups in total. The van der Waals surface area contributed by atoms with Crippen LogP contribution >= 0.6 is 23.4 Å². The van der Waals surface area contributed by atoms with Crippen molar-refractivity contribution in [3.8, 4) is 5.69 Å². The van der Waals surface area contributed by atoms with Gasteiger partial charge in [-0.05, 0) is 56.5 Å². The Morgan fingerprint density at radius 2 is 1.94 bits per heavy atom. The van der Waals surface area contributed by atoms with Crippen molar-refractivity contribution in [2.45, 2.75) is 56.5 Å². The van der Waals surface area contributed by atoms with Crippen molar-refractivity contribution >= 4 is 29.3 Å². The number of unbranched alkanes of at least 4 members (excludes halogenated alkanes) is 2. The Labute approximate surface area is 198 Å². The van der Waals surface area contributed by atoms with Gasteiger partial charge in [-0.2, -0.15) is 0 Å². The maximum Gasteiger partial charge on any atom is 0.220 e. The fraction of sp³-hybridized carbons (Fsp3) is 0.375. The van der Waals surface area contributed by atoms with Crippen LogP contribution in [0.2, 0.25) is 5.02 Å². The first kappa shape index (κ1) is 24.3. The fourth-order valence-electron chi connectivity index (χ4n) is 3.41. The van der Waals surface area contributed by atoms with E-state index in [2.05, 4.69) is 27.6 Å². The van der Waals surface area contributed by atoms with E-state index in [1.54, 1.807) is 11.8 Å². The van der Waals surface area contributed by atoms with Gasteiger partial charge in [-0.15, -0.1) is 10.2 Å². The molecule has 2 aromatic carbocycles. The number of benzene rings is 2. The molecule has 1 aromatic heterocycles. The van der Waals surface area contributed by atoms with E-state index in [1.165, 1.54) is 5.56 Å². The summed E-state index contributed by atoms with van der Waals surface area (Å²) >= 11 is 7.93. The second-order valence-electron chi connectivity index (χ2n) is 7.77. The second-order valence-corrected chi connectivity index (χ2v) is 9.15. The minimum Gasteiger partial charge on any atom is -0.346 e. The van der Waals surface area contributed by atoms with E-state index in [-0.39, 0.29) is 11.9 Å². The summed E-state index contributed by atoms with van der Waals surface area (Å²) in [5.74, 6) is 1.45. The number of carbonyl (C=O) groups excluding carboxylic acids is 1. The Kier molecular flexibility index (Phi) is 9.14. The van der Waals surface area contributed by atoms with Gasteiger partial charge in [-0.3, -0.25) is 9.36 Å². The summed E-state index contributed by atoms with van der Waals surface area (Å²) in [5, 5.41) is 13.4. The average Bonchev–Trinajstić information content (AvgIpc) is 3.21. The van der Waals surface area contributed by atoms with Crippen molar-refractivity contribution in [2.24, 2.45) is 5.73 Å². The molecule has 0 aliphatic carbocycles. The quantitative estimate of drug-likeness (QED) is 0.296. The van der Waals surface area contributed by atoms with Gasteiger partial charge in [-0.25, -0.2) is 0 Å². The largest absolute Gasteiger partial charge is 0.346 e. The molecule has 0 spiro atoms. The van der Waals surface area contributed by atoms with Crippen molar-refractivity contribution in [2.75, 3.05) is 6.54 Å². The number of nitrogens with zero attached hydrogens (tertiary/aromatic N) is 3. The Morgan fingerprint density at radius 1 is 1.16 bits per heavy atom. The molecule has 1 atom stereocenters. The third kappa shape index (κ3) is 6.58. The molecule has 0 radical (unpaired) electrons. The summed E-state index contributed by atoms with van der Waals surface area (Å²) in [6.45, 7) is 4.62. The molecule has 3 aromatic rings. The van der Waals surface area contributed by atoms with E-state index in [9.17, 15) is 4.79 Å². The summed E-state index contributed by atoms with van der Waals surface area (Å²) in [6, 6.07) is 15.7. The number of amides is 1. The van der Waals surface area contributed by atoms with Crippen LogP contribution in [0.5, 0.6) is 0 Å². The summed E-state index contributed by atoms with van der Waals surface area (Å²) in [7, 11) is 0. The molecule has 0 aliphatic rings. The lowest BCUT2D eigenvalue weighted by Gasteiger charge is -2.18. The lowest BCUT2D eigenvalue weighted by Crippen LogP contribution is -2.28. The van der Waals surface area contributed by atoms with Gasteiger partial charge in [0.05, 0.1) is 11.7 Å². The number of hydrogen-bond acceptors (Lipinski definition) is 5. The second kappa shape index (κ2) is 12.0. The Hall–Kier alpha value is -2.35. The number of aromatic nitrogens is 3. The van der Waals surface area contributed by atoms with Gasteiger partial charge < -0.3 is 11.1 Å². The molecular weight excluding hydrogens is 442 g/mol. The molecule has 1 amide bonds. The zero-order chi connectivity index (χ0) is 22.9. The molecule has 8 heteroatoms. The smallest absolute Gasteiger partial charge is 0.220 e. The van der Waals surface area contributed by atoms with E-state index < -0.39 is 0 Å². The van der Waals surface area contributed by atoms with Crippen LogP contribution in [0.4, 0.5) is 0 Å². The van der Waals surface area contributed by atoms with Gasteiger partial charge in [0.2, 0.25) is 5.91 Å². The minimum atomic E-state index is -0.297. The van der Waals surface area contributed by atoms with Crippen LogP contribution in [0, 0.1) is 6.92 Å². The zero-order valence-electron chi connectivity index (χ0n) is 18.6. The number of hydrogen-bond donors (Lipinski definition) is 2. The van der Waals surface area contributed by atoms with Gasteiger partial charge in [0.15, 0.2) is 11.0 Å². The van der Waals surface area contributed by atoms with Gasteiger partial charge in [0.1, 0.15) is 0 Å². The third-order valence-corrected chi connectivity index (χ3v) is 6.39. The van der Waals surface area contributed by atoms with E-state index in [1.807, 2.05) is 54.8 Å². The first-order valence-corrected chi connectivity index (χ1v) is 12.2. The standard InChI is InChI=1S/C24H30ClN5OS/c1-17-12-13-20(25)15-21(17)30-23(18(2)27-22(31)11-7-4-8-14-26)28-29-24(30)32-16-19-9-5-3-6-10-19/h3,5-6,9-10,12-13,15,18H,4,7-8,11,14,16,26H2,1-2H3,(H,27,31). The maximum atomic E-state index is 12.5. The Balaban J connectivity index is 1.84. The van der Waals surface area contributed by atoms with Crippen LogP contribution in [0.25, 0.3) is 5.69 Å². The molecule has 0 saturated heterocycles. The van der Waals surface area contributed by atoms with Crippen molar-refractivity contribution in [3.63, 3.8) is 0 Å². The van der Waals surface area contributed by atoms with Crippen LogP contribution in [0.3, 0.4) is 0 Å². The topological polar surface area (TPSA) is 85.8 Å². The molecule has 6 nitrogen and oxygen atoms in total. The van der Waals surface area contributed by atoms with Crippen LogP contribution < -0.4 is 11.1 Å². The summed E-state index contributed by atoms with van der Waals surface area (Å²) in [6.07, 6.45) is 3.20. The number of nitrogens with two attached hydrogens (primary N) is 1. The zero-order valence-corrected chi connectivity index (χ0v) is 20.1. The van der Waals surface area contributed by atoms with Gasteiger partial charge in [0.25, 0.3) is 0 Å². The molecule has 32 heavy (non-hydrogen) atoms. The van der Waals surface area contributed by atoms with E-state index in [4.69, 9.17) is 17.3 Å². The fourth-order valence-corrected chi connectivity index (χ4v) is 4.49. The lowest BCUT2D eigenvalue weighted by atomic mass is 10.1. The number of nitrogens with one attached hydrogen (secondary N) is 1. The molecule has 1 heterocycles. The van der Waals surface area contributed by atoms with Gasteiger partial charge in [0, 0.05) is 17.2 Å². The van der Waals surface area contributed by atoms with Gasteiger partial charge in [-0.1, -0.05) is 66.2 Å². The SMILES string of the molecule is Cc1ccc(Cl)cc1-n1c(SCc2ccccc2)nnc1C(C)NC(=O)CCCCCN. The summed E-state index contributed by atoms with van der Waals surface area (Å²) in [5.41, 5.74) is 8.70. The highest BCUT2D eigenvalue weighted by atomic mass is 35.5.